The second kappa shape index (κ2) is 7.24. The molecule has 2 aromatic rings. The molecule has 2 N–H and O–H groups in total. The summed E-state index contributed by atoms with van der Waals surface area (Å²) in [7, 11) is 0. The first kappa shape index (κ1) is 15.5. The molecule has 0 spiro atoms. The SMILES string of the molecule is CCCNc1nccc(C(=O)Nc2ccc(Cl)c(Cl)c2)n1. The molecule has 0 aliphatic heterocycles. The Balaban J connectivity index is 2.10. The predicted octanol–water partition coefficient (Wildman–Crippen LogP) is 3.86. The molecule has 7 heteroatoms. The van der Waals surface area contributed by atoms with E-state index in [0.717, 1.165) is 13.0 Å². The number of nitrogens with one attached hydrogen (secondary N) is 2. The molecule has 110 valence electrons. The Morgan fingerprint density at radius 2 is 2.05 bits per heavy atom. The van der Waals surface area contributed by atoms with Crippen LogP contribution in [-0.4, -0.2) is 22.4 Å². The number of anilines is 2. The number of nitrogens with zero attached hydrogens (tertiary/aromatic N) is 2. The van der Waals surface area contributed by atoms with E-state index in [-0.39, 0.29) is 11.6 Å². The summed E-state index contributed by atoms with van der Waals surface area (Å²) in [5.41, 5.74) is 0.825. The fourth-order valence-corrected chi connectivity index (χ4v) is 1.87. The first-order chi connectivity index (χ1) is 10.1. The maximum Gasteiger partial charge on any atom is 0.274 e. The van der Waals surface area contributed by atoms with Crippen molar-refractivity contribution < 1.29 is 4.79 Å². The van der Waals surface area contributed by atoms with Crippen molar-refractivity contribution in [3.63, 3.8) is 0 Å². The Morgan fingerprint density at radius 1 is 1.24 bits per heavy atom. The number of aromatic nitrogens is 2. The largest absolute Gasteiger partial charge is 0.354 e. The molecule has 0 atom stereocenters. The zero-order valence-electron chi connectivity index (χ0n) is 11.4. The summed E-state index contributed by atoms with van der Waals surface area (Å²) < 4.78 is 0. The Hall–Kier alpha value is -1.85. The molecule has 0 saturated carbocycles. The monoisotopic (exact) mass is 324 g/mol. The number of benzene rings is 1. The Bertz CT molecular complexity index is 649. The van der Waals surface area contributed by atoms with Crippen LogP contribution in [0.5, 0.6) is 0 Å². The van der Waals surface area contributed by atoms with E-state index in [2.05, 4.69) is 20.6 Å². The molecular formula is C14H14Cl2N4O. The van der Waals surface area contributed by atoms with Gasteiger partial charge in [-0.05, 0) is 30.7 Å². The van der Waals surface area contributed by atoms with Gasteiger partial charge in [0.1, 0.15) is 5.69 Å². The maximum atomic E-state index is 12.1. The quantitative estimate of drug-likeness (QED) is 0.876. The lowest BCUT2D eigenvalue weighted by atomic mass is 10.3. The summed E-state index contributed by atoms with van der Waals surface area (Å²) in [6.07, 6.45) is 2.48. The van der Waals surface area contributed by atoms with Crippen LogP contribution in [0.15, 0.2) is 30.5 Å². The number of amides is 1. The summed E-state index contributed by atoms with van der Waals surface area (Å²) in [5, 5.41) is 6.55. The first-order valence-electron chi connectivity index (χ1n) is 6.43. The zero-order chi connectivity index (χ0) is 15.2. The minimum Gasteiger partial charge on any atom is -0.354 e. The highest BCUT2D eigenvalue weighted by Gasteiger charge is 2.10. The molecular weight excluding hydrogens is 311 g/mol. The van der Waals surface area contributed by atoms with Crippen LogP contribution in [0.25, 0.3) is 0 Å². The predicted molar refractivity (Wildman–Crippen MR) is 85.2 cm³/mol. The molecule has 0 saturated heterocycles. The van der Waals surface area contributed by atoms with Crippen molar-refractivity contribution in [2.45, 2.75) is 13.3 Å². The zero-order valence-corrected chi connectivity index (χ0v) is 12.9. The van der Waals surface area contributed by atoms with Gasteiger partial charge in [-0.2, -0.15) is 0 Å². The number of rotatable bonds is 5. The van der Waals surface area contributed by atoms with Gasteiger partial charge in [0, 0.05) is 18.4 Å². The highest BCUT2D eigenvalue weighted by molar-refractivity contribution is 6.42. The number of carbonyl (C=O) groups excluding carboxylic acids is 1. The molecule has 1 aromatic carbocycles. The van der Waals surface area contributed by atoms with E-state index in [4.69, 9.17) is 23.2 Å². The molecule has 0 radical (unpaired) electrons. The third-order valence-corrected chi connectivity index (χ3v) is 3.34. The van der Waals surface area contributed by atoms with Crippen LogP contribution < -0.4 is 10.6 Å². The molecule has 5 nitrogen and oxygen atoms in total. The van der Waals surface area contributed by atoms with Crippen molar-refractivity contribution in [3.05, 3.63) is 46.2 Å². The summed E-state index contributed by atoms with van der Waals surface area (Å²) in [4.78, 5) is 20.3. The molecule has 0 unspecified atom stereocenters. The van der Waals surface area contributed by atoms with Gasteiger partial charge >= 0.3 is 0 Å². The molecule has 1 amide bonds. The van der Waals surface area contributed by atoms with Gasteiger partial charge in [-0.15, -0.1) is 0 Å². The summed E-state index contributed by atoms with van der Waals surface area (Å²) >= 11 is 11.7. The molecule has 2 rings (SSSR count). The molecule has 1 heterocycles. The lowest BCUT2D eigenvalue weighted by molar-refractivity contribution is 0.102. The van der Waals surface area contributed by atoms with Crippen LogP contribution in [0.3, 0.4) is 0 Å². The van der Waals surface area contributed by atoms with Gasteiger partial charge in [0.25, 0.3) is 5.91 Å². The minimum atomic E-state index is -0.338. The van der Waals surface area contributed by atoms with E-state index in [0.29, 0.717) is 21.7 Å². The van der Waals surface area contributed by atoms with Crippen molar-refractivity contribution in [2.75, 3.05) is 17.2 Å². The lowest BCUT2D eigenvalue weighted by Gasteiger charge is -2.07. The third kappa shape index (κ3) is 4.31. The summed E-state index contributed by atoms with van der Waals surface area (Å²) in [6, 6.07) is 6.42. The maximum absolute atomic E-state index is 12.1. The van der Waals surface area contributed by atoms with Gasteiger partial charge in [-0.25, -0.2) is 9.97 Å². The first-order valence-corrected chi connectivity index (χ1v) is 7.19. The van der Waals surface area contributed by atoms with Gasteiger partial charge in [0.05, 0.1) is 10.0 Å². The van der Waals surface area contributed by atoms with Crippen molar-refractivity contribution in [3.8, 4) is 0 Å². The molecule has 1 aromatic heterocycles. The average Bonchev–Trinajstić information content (AvgIpc) is 2.49. The molecule has 0 fully saturated rings. The standard InChI is InChI=1S/C14H14Cl2N4O/c1-2-6-17-14-18-7-5-12(20-14)13(21)19-9-3-4-10(15)11(16)8-9/h3-5,7-8H,2,6H2,1H3,(H,19,21)(H,17,18,20). The third-order valence-electron chi connectivity index (χ3n) is 2.60. The second-order valence-corrected chi connectivity index (χ2v) is 5.09. The number of hydrogen-bond donors (Lipinski definition) is 2. The van der Waals surface area contributed by atoms with Crippen molar-refractivity contribution in [1.82, 2.24) is 9.97 Å². The average molecular weight is 325 g/mol. The van der Waals surface area contributed by atoms with E-state index < -0.39 is 0 Å². The molecule has 0 aliphatic rings. The van der Waals surface area contributed by atoms with Gasteiger partial charge < -0.3 is 10.6 Å². The highest BCUT2D eigenvalue weighted by atomic mass is 35.5. The number of carbonyl (C=O) groups is 1. The normalized spacial score (nSPS) is 10.2. The number of halogens is 2. The highest BCUT2D eigenvalue weighted by Crippen LogP contribution is 2.25. The van der Waals surface area contributed by atoms with E-state index in [1.807, 2.05) is 6.92 Å². The minimum absolute atomic E-state index is 0.273. The van der Waals surface area contributed by atoms with E-state index >= 15 is 0 Å². The van der Waals surface area contributed by atoms with Crippen LogP contribution in [0.1, 0.15) is 23.8 Å². The lowest BCUT2D eigenvalue weighted by Crippen LogP contribution is -2.15. The van der Waals surface area contributed by atoms with E-state index in [1.165, 1.54) is 6.20 Å². The van der Waals surface area contributed by atoms with E-state index in [1.54, 1.807) is 24.3 Å². The van der Waals surface area contributed by atoms with Crippen molar-refractivity contribution in [1.29, 1.82) is 0 Å². The van der Waals surface area contributed by atoms with Gasteiger partial charge in [-0.1, -0.05) is 30.1 Å². The topological polar surface area (TPSA) is 66.9 Å². The van der Waals surface area contributed by atoms with Gasteiger partial charge in [0.15, 0.2) is 0 Å². The van der Waals surface area contributed by atoms with Crippen LogP contribution in [-0.2, 0) is 0 Å². The molecule has 21 heavy (non-hydrogen) atoms. The molecule has 0 aliphatic carbocycles. The summed E-state index contributed by atoms with van der Waals surface area (Å²) in [6.45, 7) is 2.78. The van der Waals surface area contributed by atoms with Crippen molar-refractivity contribution >= 4 is 40.7 Å². The smallest absolute Gasteiger partial charge is 0.274 e. The molecule has 0 bridgehead atoms. The van der Waals surface area contributed by atoms with Gasteiger partial charge in [-0.3, -0.25) is 4.79 Å². The second-order valence-electron chi connectivity index (χ2n) is 4.28. The Labute approximate surface area is 132 Å². The van der Waals surface area contributed by atoms with Crippen LogP contribution in [0, 0.1) is 0 Å². The van der Waals surface area contributed by atoms with Crippen LogP contribution in [0.4, 0.5) is 11.6 Å². The Morgan fingerprint density at radius 3 is 2.76 bits per heavy atom. The fraction of sp³-hybridized carbons (Fsp3) is 0.214. The van der Waals surface area contributed by atoms with Crippen molar-refractivity contribution in [2.24, 2.45) is 0 Å². The number of hydrogen-bond acceptors (Lipinski definition) is 4. The van der Waals surface area contributed by atoms with Gasteiger partial charge in [0.2, 0.25) is 5.95 Å². The van der Waals surface area contributed by atoms with Crippen LogP contribution in [0.2, 0.25) is 10.0 Å². The van der Waals surface area contributed by atoms with E-state index in [9.17, 15) is 4.79 Å². The summed E-state index contributed by atoms with van der Waals surface area (Å²) in [5.74, 6) is 0.0916. The van der Waals surface area contributed by atoms with Crippen LogP contribution >= 0.6 is 23.2 Å². The fourth-order valence-electron chi connectivity index (χ4n) is 1.58. The Kier molecular flexibility index (Phi) is 5.36.